The van der Waals surface area contributed by atoms with Crippen LogP contribution in [0.4, 0.5) is 5.69 Å². The number of hydrogen-bond donors (Lipinski definition) is 2. The van der Waals surface area contributed by atoms with Crippen molar-refractivity contribution in [2.24, 2.45) is 0 Å². The molecule has 1 saturated heterocycles. The van der Waals surface area contributed by atoms with Gasteiger partial charge in [-0.25, -0.2) is 9.88 Å². The van der Waals surface area contributed by atoms with Crippen LogP contribution in [0.15, 0.2) is 53.3 Å². The SMILES string of the molecule is O=C1N[C@@H]2c3nc4ccccc4c(=O)n3[C@H]1C[C@]1(O)c3ccccc3N3C(=O)C4(CC4)N2[C@H]31. The molecule has 2 amide bonds. The Bertz CT molecular complexity index is 1510. The van der Waals surface area contributed by atoms with Crippen LogP contribution >= 0.6 is 0 Å². The van der Waals surface area contributed by atoms with E-state index in [1.54, 1.807) is 23.1 Å². The first-order valence-electron chi connectivity index (χ1n) is 11.2. The molecule has 1 spiro atoms. The molecule has 1 aromatic heterocycles. The molecule has 5 heterocycles. The maximum Gasteiger partial charge on any atom is 0.262 e. The minimum absolute atomic E-state index is 0.0312. The number of para-hydroxylation sites is 2. The second-order valence-corrected chi connectivity index (χ2v) is 9.72. The Morgan fingerprint density at radius 2 is 1.79 bits per heavy atom. The standard InChI is InChI=1S/C24H19N5O4/c30-19-16-11-24(33)13-6-2-4-8-15(13)28-21(24)29(23(9-10-23)22(28)32)18(26-19)17-25-14-7-3-1-5-12(14)20(31)27(16)17/h1-8,16,18,21,33H,9-11H2,(H,26,30)/t16-,18-,21-,24-/m0/s1. The van der Waals surface area contributed by atoms with Gasteiger partial charge >= 0.3 is 0 Å². The Labute approximate surface area is 187 Å². The maximum atomic E-state index is 13.8. The number of carbonyl (C=O) groups is 2. The lowest BCUT2D eigenvalue weighted by atomic mass is 9.83. The van der Waals surface area contributed by atoms with Crippen LogP contribution in [0.2, 0.25) is 0 Å². The van der Waals surface area contributed by atoms with Crippen LogP contribution < -0.4 is 15.8 Å². The number of amides is 2. The van der Waals surface area contributed by atoms with Gasteiger partial charge in [0, 0.05) is 12.0 Å². The zero-order valence-corrected chi connectivity index (χ0v) is 17.4. The van der Waals surface area contributed by atoms with Crippen molar-refractivity contribution in [1.82, 2.24) is 19.8 Å². The number of benzene rings is 2. The largest absolute Gasteiger partial charge is 0.381 e. The van der Waals surface area contributed by atoms with Crippen LogP contribution in [0.25, 0.3) is 10.9 Å². The highest BCUT2D eigenvalue weighted by atomic mass is 16.3. The molecule has 0 unspecified atom stereocenters. The van der Waals surface area contributed by atoms with Crippen molar-refractivity contribution in [1.29, 1.82) is 0 Å². The summed E-state index contributed by atoms with van der Waals surface area (Å²) in [6, 6.07) is 13.5. The summed E-state index contributed by atoms with van der Waals surface area (Å²) in [5.41, 5.74) is -0.781. The van der Waals surface area contributed by atoms with E-state index in [9.17, 15) is 19.5 Å². The number of nitrogens with zero attached hydrogens (tertiary/aromatic N) is 4. The lowest BCUT2D eigenvalue weighted by Gasteiger charge is -2.48. The van der Waals surface area contributed by atoms with Crippen LogP contribution in [0.1, 0.15) is 42.9 Å². The predicted molar refractivity (Wildman–Crippen MR) is 116 cm³/mol. The Hall–Kier alpha value is -3.56. The normalized spacial score (nSPS) is 32.4. The summed E-state index contributed by atoms with van der Waals surface area (Å²) in [5, 5.41) is 15.7. The van der Waals surface area contributed by atoms with E-state index < -0.39 is 29.5 Å². The third-order valence-corrected chi connectivity index (χ3v) is 8.16. The molecule has 9 nitrogen and oxygen atoms in total. The highest BCUT2D eigenvalue weighted by Crippen LogP contribution is 2.63. The molecule has 0 radical (unpaired) electrons. The molecule has 2 bridgehead atoms. The first kappa shape index (κ1) is 17.9. The van der Waals surface area contributed by atoms with Gasteiger partial charge in [0.25, 0.3) is 5.56 Å². The van der Waals surface area contributed by atoms with E-state index in [1.807, 2.05) is 35.2 Å². The zero-order chi connectivity index (χ0) is 22.3. The fraction of sp³-hybridized carbons (Fsp3) is 0.333. The number of hydrogen-bond acceptors (Lipinski definition) is 6. The van der Waals surface area contributed by atoms with Crippen molar-refractivity contribution >= 4 is 28.4 Å². The van der Waals surface area contributed by atoms with Gasteiger partial charge in [-0.2, -0.15) is 0 Å². The summed E-state index contributed by atoms with van der Waals surface area (Å²) in [6.07, 6.45) is -0.241. The molecule has 164 valence electrons. The fourth-order valence-electron chi connectivity index (χ4n) is 6.61. The third-order valence-electron chi connectivity index (χ3n) is 8.16. The molecule has 2 fully saturated rings. The van der Waals surface area contributed by atoms with Gasteiger partial charge in [0.1, 0.15) is 29.5 Å². The number of aromatic nitrogens is 2. The Morgan fingerprint density at radius 3 is 2.61 bits per heavy atom. The fourth-order valence-corrected chi connectivity index (χ4v) is 6.61. The summed E-state index contributed by atoms with van der Waals surface area (Å²) < 4.78 is 1.45. The highest BCUT2D eigenvalue weighted by molar-refractivity contribution is 6.07. The van der Waals surface area contributed by atoms with Gasteiger partial charge in [-0.3, -0.25) is 23.9 Å². The number of rotatable bonds is 0. The van der Waals surface area contributed by atoms with E-state index in [4.69, 9.17) is 4.98 Å². The summed E-state index contributed by atoms with van der Waals surface area (Å²) >= 11 is 0. The van der Waals surface area contributed by atoms with Crippen molar-refractivity contribution in [3.63, 3.8) is 0 Å². The lowest BCUT2D eigenvalue weighted by molar-refractivity contribution is -0.146. The molecular formula is C24H19N5O4. The Morgan fingerprint density at radius 1 is 1.03 bits per heavy atom. The summed E-state index contributed by atoms with van der Waals surface area (Å²) in [6.45, 7) is 0. The average Bonchev–Trinajstić information content (AvgIpc) is 3.52. The molecule has 9 heteroatoms. The van der Waals surface area contributed by atoms with Gasteiger partial charge in [0.2, 0.25) is 11.8 Å². The third kappa shape index (κ3) is 1.82. The predicted octanol–water partition coefficient (Wildman–Crippen LogP) is 0.878. The highest BCUT2D eigenvalue weighted by Gasteiger charge is 2.75. The molecule has 1 aliphatic carbocycles. The molecule has 5 aliphatic rings. The van der Waals surface area contributed by atoms with Crippen molar-refractivity contribution in [3.8, 4) is 0 Å². The van der Waals surface area contributed by atoms with Gasteiger partial charge in [-0.1, -0.05) is 30.3 Å². The maximum absolute atomic E-state index is 13.8. The number of fused-ring (bicyclic) bond motifs is 6. The quantitative estimate of drug-likeness (QED) is 0.536. The summed E-state index contributed by atoms with van der Waals surface area (Å²) in [5.74, 6) is 0.0111. The van der Waals surface area contributed by atoms with Crippen LogP contribution in [0.5, 0.6) is 0 Å². The van der Waals surface area contributed by atoms with Gasteiger partial charge in [-0.05, 0) is 31.0 Å². The van der Waals surface area contributed by atoms with Crippen LogP contribution in [0.3, 0.4) is 0 Å². The van der Waals surface area contributed by atoms with E-state index in [2.05, 4.69) is 5.32 Å². The van der Waals surface area contributed by atoms with Crippen LogP contribution in [-0.4, -0.2) is 43.1 Å². The molecule has 4 aliphatic heterocycles. The minimum atomic E-state index is -1.50. The molecule has 3 aromatic rings. The van der Waals surface area contributed by atoms with E-state index in [-0.39, 0.29) is 23.8 Å². The summed E-state index contributed by atoms with van der Waals surface area (Å²) in [7, 11) is 0. The number of carbonyl (C=O) groups excluding carboxylic acids is 2. The van der Waals surface area contributed by atoms with Gasteiger partial charge < -0.3 is 10.4 Å². The van der Waals surface area contributed by atoms with Crippen molar-refractivity contribution in [2.45, 2.75) is 48.8 Å². The average molecular weight is 441 g/mol. The first-order valence-corrected chi connectivity index (χ1v) is 11.2. The van der Waals surface area contributed by atoms with E-state index >= 15 is 0 Å². The first-order chi connectivity index (χ1) is 16.0. The summed E-state index contributed by atoms with van der Waals surface area (Å²) in [4.78, 5) is 49.2. The smallest absolute Gasteiger partial charge is 0.262 e. The second-order valence-electron chi connectivity index (χ2n) is 9.72. The molecule has 2 aromatic carbocycles. The lowest BCUT2D eigenvalue weighted by Crippen LogP contribution is -2.64. The molecular weight excluding hydrogens is 422 g/mol. The van der Waals surface area contributed by atoms with Gasteiger partial charge in [0.05, 0.1) is 16.6 Å². The molecule has 8 rings (SSSR count). The number of anilines is 1. The molecule has 2 N–H and O–H groups in total. The number of nitrogens with one attached hydrogen (secondary N) is 1. The molecule has 1 saturated carbocycles. The Balaban J connectivity index is 1.49. The van der Waals surface area contributed by atoms with Gasteiger partial charge in [0.15, 0.2) is 5.82 Å². The van der Waals surface area contributed by atoms with E-state index in [0.29, 0.717) is 40.8 Å². The van der Waals surface area contributed by atoms with Crippen LogP contribution in [0, 0.1) is 0 Å². The molecule has 4 atom stereocenters. The monoisotopic (exact) mass is 441 g/mol. The number of aliphatic hydroxyl groups is 1. The minimum Gasteiger partial charge on any atom is -0.381 e. The van der Waals surface area contributed by atoms with Crippen molar-refractivity contribution in [3.05, 3.63) is 70.3 Å². The zero-order valence-electron chi connectivity index (χ0n) is 17.4. The van der Waals surface area contributed by atoms with Crippen LogP contribution in [-0.2, 0) is 15.2 Å². The second kappa shape index (κ2) is 5.32. The Kier molecular flexibility index (Phi) is 2.89. The molecule has 33 heavy (non-hydrogen) atoms. The van der Waals surface area contributed by atoms with Crippen molar-refractivity contribution < 1.29 is 14.7 Å². The van der Waals surface area contributed by atoms with E-state index in [0.717, 1.165) is 0 Å². The van der Waals surface area contributed by atoms with Crippen molar-refractivity contribution in [2.75, 3.05) is 4.90 Å². The topological polar surface area (TPSA) is 108 Å². The van der Waals surface area contributed by atoms with Gasteiger partial charge in [-0.15, -0.1) is 0 Å². The van der Waals surface area contributed by atoms with E-state index in [1.165, 1.54) is 4.57 Å².